The fourth-order valence-electron chi connectivity index (χ4n) is 2.29. The summed E-state index contributed by atoms with van der Waals surface area (Å²) in [6.45, 7) is 0. The average molecular weight is 263 g/mol. The van der Waals surface area contributed by atoms with Crippen molar-refractivity contribution in [1.82, 2.24) is 9.97 Å². The van der Waals surface area contributed by atoms with Gasteiger partial charge in [0.25, 0.3) is 0 Å². The van der Waals surface area contributed by atoms with Gasteiger partial charge in [-0.3, -0.25) is 0 Å². The van der Waals surface area contributed by atoms with E-state index in [1.807, 2.05) is 36.4 Å². The van der Waals surface area contributed by atoms with Gasteiger partial charge in [-0.25, -0.2) is 4.98 Å². The summed E-state index contributed by atoms with van der Waals surface area (Å²) in [6, 6.07) is 15.6. The number of para-hydroxylation sites is 2. The molecule has 0 atom stereocenters. The van der Waals surface area contributed by atoms with Gasteiger partial charge in [-0.1, -0.05) is 24.3 Å². The maximum atomic E-state index is 9.09. The highest BCUT2D eigenvalue weighted by Crippen LogP contribution is 2.22. The van der Waals surface area contributed by atoms with Crippen molar-refractivity contribution in [3.05, 3.63) is 59.4 Å². The predicted molar refractivity (Wildman–Crippen MR) is 76.6 cm³/mol. The zero-order valence-electron chi connectivity index (χ0n) is 11.1. The highest BCUT2D eigenvalue weighted by atomic mass is 16.5. The fourth-order valence-corrected chi connectivity index (χ4v) is 2.29. The standard InChI is InChI=1S/C16H13N3O/c1-20-14-8-3-2-5-11(14)9-15-18-13-7-4-6-12(10-17)16(13)19-15/h2-8H,9H2,1H3,(H,18,19). The van der Waals surface area contributed by atoms with Crippen molar-refractivity contribution in [1.29, 1.82) is 5.26 Å². The van der Waals surface area contributed by atoms with Crippen LogP contribution in [0.1, 0.15) is 17.0 Å². The molecule has 0 amide bonds. The molecule has 0 spiro atoms. The molecule has 0 unspecified atom stereocenters. The van der Waals surface area contributed by atoms with Crippen LogP contribution in [-0.2, 0) is 6.42 Å². The van der Waals surface area contributed by atoms with E-state index in [1.165, 1.54) is 0 Å². The minimum Gasteiger partial charge on any atom is -0.496 e. The largest absolute Gasteiger partial charge is 0.496 e. The molecule has 20 heavy (non-hydrogen) atoms. The predicted octanol–water partition coefficient (Wildman–Crippen LogP) is 3.03. The lowest BCUT2D eigenvalue weighted by atomic mass is 10.1. The highest BCUT2D eigenvalue weighted by molar-refractivity contribution is 5.81. The van der Waals surface area contributed by atoms with Gasteiger partial charge >= 0.3 is 0 Å². The zero-order valence-corrected chi connectivity index (χ0v) is 11.1. The number of rotatable bonds is 3. The Morgan fingerprint density at radius 1 is 1.20 bits per heavy atom. The monoisotopic (exact) mass is 263 g/mol. The second-order valence-corrected chi connectivity index (χ2v) is 4.49. The third-order valence-corrected chi connectivity index (χ3v) is 3.23. The van der Waals surface area contributed by atoms with Gasteiger partial charge < -0.3 is 9.72 Å². The number of H-pyrrole nitrogens is 1. The number of ether oxygens (including phenoxy) is 1. The number of fused-ring (bicyclic) bond motifs is 1. The number of hydrogen-bond donors (Lipinski definition) is 1. The number of nitrogens with one attached hydrogen (secondary N) is 1. The number of hydrogen-bond acceptors (Lipinski definition) is 3. The Hall–Kier alpha value is -2.80. The molecule has 1 aromatic heterocycles. The molecule has 4 nitrogen and oxygen atoms in total. The van der Waals surface area contributed by atoms with E-state index < -0.39 is 0 Å². The van der Waals surface area contributed by atoms with E-state index >= 15 is 0 Å². The number of nitriles is 1. The van der Waals surface area contributed by atoms with E-state index in [0.29, 0.717) is 12.0 Å². The van der Waals surface area contributed by atoms with Gasteiger partial charge in [0.2, 0.25) is 0 Å². The molecule has 0 saturated heterocycles. The number of aromatic nitrogens is 2. The number of benzene rings is 2. The van der Waals surface area contributed by atoms with Crippen LogP contribution in [-0.4, -0.2) is 17.1 Å². The Morgan fingerprint density at radius 3 is 2.85 bits per heavy atom. The average Bonchev–Trinajstić information content (AvgIpc) is 2.90. The van der Waals surface area contributed by atoms with E-state index in [0.717, 1.165) is 28.2 Å². The minimum atomic E-state index is 0.588. The molecule has 0 aliphatic heterocycles. The summed E-state index contributed by atoms with van der Waals surface area (Å²) < 4.78 is 5.34. The lowest BCUT2D eigenvalue weighted by Crippen LogP contribution is -1.94. The van der Waals surface area contributed by atoms with Crippen molar-refractivity contribution >= 4 is 11.0 Å². The summed E-state index contributed by atoms with van der Waals surface area (Å²) in [4.78, 5) is 7.77. The summed E-state index contributed by atoms with van der Waals surface area (Å²) in [5.74, 6) is 1.67. The van der Waals surface area contributed by atoms with Crippen molar-refractivity contribution in [2.75, 3.05) is 7.11 Å². The van der Waals surface area contributed by atoms with E-state index in [4.69, 9.17) is 10.00 Å². The number of aromatic amines is 1. The smallest absolute Gasteiger partial charge is 0.122 e. The maximum Gasteiger partial charge on any atom is 0.122 e. The molecule has 3 aromatic rings. The summed E-state index contributed by atoms with van der Waals surface area (Å²) in [7, 11) is 1.66. The zero-order chi connectivity index (χ0) is 13.9. The van der Waals surface area contributed by atoms with Gasteiger partial charge in [-0.2, -0.15) is 5.26 Å². The van der Waals surface area contributed by atoms with Crippen LogP contribution >= 0.6 is 0 Å². The second-order valence-electron chi connectivity index (χ2n) is 4.49. The van der Waals surface area contributed by atoms with Gasteiger partial charge in [0, 0.05) is 12.0 Å². The summed E-state index contributed by atoms with van der Waals surface area (Å²) in [5, 5.41) is 9.09. The lowest BCUT2D eigenvalue weighted by molar-refractivity contribution is 0.410. The first kappa shape index (κ1) is 12.2. The van der Waals surface area contributed by atoms with Crippen LogP contribution in [0.4, 0.5) is 0 Å². The van der Waals surface area contributed by atoms with Crippen LogP contribution in [0.5, 0.6) is 5.75 Å². The van der Waals surface area contributed by atoms with Gasteiger partial charge in [0.15, 0.2) is 0 Å². The first-order valence-electron chi connectivity index (χ1n) is 6.31. The molecule has 4 heteroatoms. The molecule has 2 aromatic carbocycles. The SMILES string of the molecule is COc1ccccc1Cc1nc2c(C#N)cccc2[nH]1. The third-order valence-electron chi connectivity index (χ3n) is 3.23. The summed E-state index contributed by atoms with van der Waals surface area (Å²) >= 11 is 0. The third kappa shape index (κ3) is 2.10. The molecule has 98 valence electrons. The van der Waals surface area contributed by atoms with Crippen LogP contribution in [0, 0.1) is 11.3 Å². The first-order chi connectivity index (χ1) is 9.81. The molecule has 1 heterocycles. The Kier molecular flexibility index (Phi) is 3.10. The highest BCUT2D eigenvalue weighted by Gasteiger charge is 2.09. The number of methoxy groups -OCH3 is 1. The van der Waals surface area contributed by atoms with Gasteiger partial charge in [-0.15, -0.1) is 0 Å². The molecule has 0 saturated carbocycles. The van der Waals surface area contributed by atoms with Crippen molar-refractivity contribution in [3.8, 4) is 11.8 Å². The molecule has 3 rings (SSSR count). The van der Waals surface area contributed by atoms with Crippen LogP contribution < -0.4 is 4.74 Å². The Bertz CT molecular complexity index is 799. The Labute approximate surface area is 116 Å². The second kappa shape index (κ2) is 5.06. The minimum absolute atomic E-state index is 0.588. The van der Waals surface area contributed by atoms with E-state index in [-0.39, 0.29) is 0 Å². The summed E-state index contributed by atoms with van der Waals surface area (Å²) in [6.07, 6.45) is 0.642. The lowest BCUT2D eigenvalue weighted by Gasteiger charge is -2.05. The quantitative estimate of drug-likeness (QED) is 0.790. The van der Waals surface area contributed by atoms with E-state index in [1.54, 1.807) is 13.2 Å². The van der Waals surface area contributed by atoms with Crippen LogP contribution in [0.25, 0.3) is 11.0 Å². The topological polar surface area (TPSA) is 61.7 Å². The van der Waals surface area contributed by atoms with Crippen LogP contribution in [0.15, 0.2) is 42.5 Å². The molecule has 0 aliphatic carbocycles. The summed E-state index contributed by atoms with van der Waals surface area (Å²) in [5.41, 5.74) is 3.26. The fraction of sp³-hybridized carbons (Fsp3) is 0.125. The van der Waals surface area contributed by atoms with Gasteiger partial charge in [0.05, 0.1) is 18.2 Å². The normalized spacial score (nSPS) is 10.4. The molecule has 1 N–H and O–H groups in total. The number of imidazole rings is 1. The Morgan fingerprint density at radius 2 is 2.05 bits per heavy atom. The van der Waals surface area contributed by atoms with E-state index in [2.05, 4.69) is 16.0 Å². The van der Waals surface area contributed by atoms with Gasteiger partial charge in [-0.05, 0) is 18.2 Å². The maximum absolute atomic E-state index is 9.09. The van der Waals surface area contributed by atoms with Crippen molar-refractivity contribution < 1.29 is 4.74 Å². The van der Waals surface area contributed by atoms with Crippen LogP contribution in [0.2, 0.25) is 0 Å². The molecule has 0 fully saturated rings. The molecule has 0 radical (unpaired) electrons. The van der Waals surface area contributed by atoms with Crippen LogP contribution in [0.3, 0.4) is 0 Å². The van der Waals surface area contributed by atoms with Crippen molar-refractivity contribution in [3.63, 3.8) is 0 Å². The molecular formula is C16H13N3O. The first-order valence-corrected chi connectivity index (χ1v) is 6.31. The van der Waals surface area contributed by atoms with Gasteiger partial charge in [0.1, 0.15) is 23.2 Å². The molecular weight excluding hydrogens is 250 g/mol. The van der Waals surface area contributed by atoms with E-state index in [9.17, 15) is 0 Å². The van der Waals surface area contributed by atoms with Crippen molar-refractivity contribution in [2.45, 2.75) is 6.42 Å². The Balaban J connectivity index is 2.02. The molecule has 0 bridgehead atoms. The van der Waals surface area contributed by atoms with Crippen molar-refractivity contribution in [2.24, 2.45) is 0 Å². The number of nitrogens with zero attached hydrogens (tertiary/aromatic N) is 2. The molecule has 0 aliphatic rings.